The lowest BCUT2D eigenvalue weighted by molar-refractivity contribution is 0.448. The molecule has 0 aliphatic heterocycles. The highest BCUT2D eigenvalue weighted by atomic mass is 79.9. The zero-order valence-electron chi connectivity index (χ0n) is 8.65. The smallest absolute Gasteiger partial charge is 0.194 e. The molecule has 2 aromatic rings. The van der Waals surface area contributed by atoms with E-state index < -0.39 is 23.3 Å². The van der Waals surface area contributed by atoms with Crippen LogP contribution in [-0.4, -0.2) is 4.98 Å². The van der Waals surface area contributed by atoms with Crippen molar-refractivity contribution in [2.75, 3.05) is 5.32 Å². The van der Waals surface area contributed by atoms with Crippen LogP contribution in [0.3, 0.4) is 0 Å². The van der Waals surface area contributed by atoms with Crippen LogP contribution >= 0.6 is 15.9 Å². The van der Waals surface area contributed by atoms with Gasteiger partial charge in [-0.2, -0.15) is 0 Å². The van der Waals surface area contributed by atoms with Gasteiger partial charge < -0.3 is 5.32 Å². The Morgan fingerprint density at radius 1 is 0.944 bits per heavy atom. The lowest BCUT2D eigenvalue weighted by atomic mass is 10.3. The number of aromatic nitrogens is 1. The number of nitrogens with one attached hydrogen (secondary N) is 1. The molecule has 2 nitrogen and oxygen atoms in total. The van der Waals surface area contributed by atoms with Crippen molar-refractivity contribution in [1.29, 1.82) is 0 Å². The molecule has 0 saturated carbocycles. The molecule has 0 aliphatic rings. The van der Waals surface area contributed by atoms with Crippen molar-refractivity contribution in [1.82, 2.24) is 4.98 Å². The van der Waals surface area contributed by atoms with E-state index in [0.29, 0.717) is 16.6 Å². The average molecular weight is 321 g/mol. The van der Waals surface area contributed by atoms with E-state index in [2.05, 4.69) is 26.2 Å². The average Bonchev–Trinajstić information content (AvgIpc) is 2.29. The molecule has 1 N–H and O–H groups in total. The standard InChI is InChI=1S/C11H5BrF4N2/c12-5-1-9(15)11(17-4-5)18-6-2-7(13)10(16)8(14)3-6/h1-4H,(H,17,18). The molecule has 94 valence electrons. The van der Waals surface area contributed by atoms with Crippen LogP contribution in [0.1, 0.15) is 0 Å². The number of hydrogen-bond acceptors (Lipinski definition) is 2. The maximum absolute atomic E-state index is 13.4. The van der Waals surface area contributed by atoms with E-state index >= 15 is 0 Å². The summed E-state index contributed by atoms with van der Waals surface area (Å²) < 4.78 is 52.4. The Labute approximate surface area is 108 Å². The fraction of sp³-hybridized carbons (Fsp3) is 0. The quantitative estimate of drug-likeness (QED) is 0.664. The van der Waals surface area contributed by atoms with E-state index in [1.165, 1.54) is 6.20 Å². The Morgan fingerprint density at radius 3 is 2.11 bits per heavy atom. The van der Waals surface area contributed by atoms with Crippen molar-refractivity contribution >= 4 is 27.4 Å². The number of benzene rings is 1. The molecule has 0 amide bonds. The Hall–Kier alpha value is -1.63. The van der Waals surface area contributed by atoms with Gasteiger partial charge in [0, 0.05) is 28.5 Å². The lowest BCUT2D eigenvalue weighted by Crippen LogP contribution is -2.00. The number of pyridine rings is 1. The Morgan fingerprint density at radius 2 is 1.56 bits per heavy atom. The van der Waals surface area contributed by atoms with E-state index in [4.69, 9.17) is 0 Å². The van der Waals surface area contributed by atoms with Crippen LogP contribution in [0.4, 0.5) is 29.1 Å². The van der Waals surface area contributed by atoms with Gasteiger partial charge in [-0.3, -0.25) is 0 Å². The minimum atomic E-state index is -1.58. The number of halogens is 5. The molecule has 1 heterocycles. The van der Waals surface area contributed by atoms with E-state index in [0.717, 1.165) is 6.07 Å². The second-order valence-electron chi connectivity index (χ2n) is 3.36. The van der Waals surface area contributed by atoms with Gasteiger partial charge in [0.15, 0.2) is 29.1 Å². The lowest BCUT2D eigenvalue weighted by Gasteiger charge is -2.07. The highest BCUT2D eigenvalue weighted by Gasteiger charge is 2.12. The number of nitrogens with zero attached hydrogens (tertiary/aromatic N) is 1. The van der Waals surface area contributed by atoms with Gasteiger partial charge in [0.25, 0.3) is 0 Å². The van der Waals surface area contributed by atoms with Crippen LogP contribution in [0.15, 0.2) is 28.9 Å². The van der Waals surface area contributed by atoms with Gasteiger partial charge in [-0.05, 0) is 22.0 Å². The molecule has 0 saturated heterocycles. The summed E-state index contributed by atoms with van der Waals surface area (Å²) >= 11 is 3.01. The number of hydrogen-bond donors (Lipinski definition) is 1. The van der Waals surface area contributed by atoms with Crippen molar-refractivity contribution < 1.29 is 17.6 Å². The molecular formula is C11H5BrF4N2. The van der Waals surface area contributed by atoms with E-state index in [-0.39, 0.29) is 11.5 Å². The van der Waals surface area contributed by atoms with E-state index in [9.17, 15) is 17.6 Å². The zero-order valence-corrected chi connectivity index (χ0v) is 10.2. The molecular weight excluding hydrogens is 316 g/mol. The van der Waals surface area contributed by atoms with Gasteiger partial charge in [-0.15, -0.1) is 0 Å². The Balaban J connectivity index is 2.34. The third-order valence-electron chi connectivity index (χ3n) is 2.05. The van der Waals surface area contributed by atoms with E-state index in [1.54, 1.807) is 0 Å². The summed E-state index contributed by atoms with van der Waals surface area (Å²) in [6.45, 7) is 0. The number of rotatable bonds is 2. The predicted molar refractivity (Wildman–Crippen MR) is 61.5 cm³/mol. The highest BCUT2D eigenvalue weighted by Crippen LogP contribution is 2.23. The third-order valence-corrected chi connectivity index (χ3v) is 2.49. The summed E-state index contributed by atoms with van der Waals surface area (Å²) in [4.78, 5) is 3.68. The molecule has 0 fully saturated rings. The van der Waals surface area contributed by atoms with Crippen LogP contribution in [0.5, 0.6) is 0 Å². The van der Waals surface area contributed by atoms with Gasteiger partial charge in [0.2, 0.25) is 0 Å². The first kappa shape index (κ1) is 12.8. The van der Waals surface area contributed by atoms with Crippen molar-refractivity contribution in [3.05, 3.63) is 52.1 Å². The summed E-state index contributed by atoms with van der Waals surface area (Å²) in [5.41, 5.74) is -0.139. The van der Waals surface area contributed by atoms with Gasteiger partial charge in [0.05, 0.1) is 0 Å². The molecule has 0 spiro atoms. The van der Waals surface area contributed by atoms with Crippen LogP contribution in [-0.2, 0) is 0 Å². The second-order valence-corrected chi connectivity index (χ2v) is 4.28. The SMILES string of the molecule is Fc1cc(Br)cnc1Nc1cc(F)c(F)c(F)c1. The normalized spacial score (nSPS) is 10.5. The molecule has 0 radical (unpaired) electrons. The van der Waals surface area contributed by atoms with Gasteiger partial charge in [-0.25, -0.2) is 22.5 Å². The number of anilines is 2. The summed E-state index contributed by atoms with van der Waals surface area (Å²) in [5, 5.41) is 2.35. The predicted octanol–water partition coefficient (Wildman–Crippen LogP) is 4.14. The Bertz CT molecular complexity index is 581. The fourth-order valence-electron chi connectivity index (χ4n) is 1.27. The van der Waals surface area contributed by atoms with Crippen LogP contribution in [0, 0.1) is 23.3 Å². The summed E-state index contributed by atoms with van der Waals surface area (Å²) in [6.07, 6.45) is 1.31. The van der Waals surface area contributed by atoms with Crippen molar-refractivity contribution in [2.24, 2.45) is 0 Å². The zero-order chi connectivity index (χ0) is 13.3. The van der Waals surface area contributed by atoms with Crippen LogP contribution in [0.25, 0.3) is 0 Å². The Kier molecular flexibility index (Phi) is 3.51. The topological polar surface area (TPSA) is 24.9 Å². The molecule has 18 heavy (non-hydrogen) atoms. The first-order valence-corrected chi connectivity index (χ1v) is 5.49. The highest BCUT2D eigenvalue weighted by molar-refractivity contribution is 9.10. The molecule has 0 bridgehead atoms. The minimum Gasteiger partial charge on any atom is -0.338 e. The maximum Gasteiger partial charge on any atom is 0.194 e. The summed E-state index contributed by atoms with van der Waals surface area (Å²) in [6, 6.07) is 2.55. The van der Waals surface area contributed by atoms with Gasteiger partial charge in [0.1, 0.15) is 0 Å². The molecule has 7 heteroatoms. The molecule has 1 aromatic carbocycles. The van der Waals surface area contributed by atoms with Crippen molar-refractivity contribution in [2.45, 2.75) is 0 Å². The first-order valence-electron chi connectivity index (χ1n) is 4.70. The van der Waals surface area contributed by atoms with Crippen molar-refractivity contribution in [3.8, 4) is 0 Å². The van der Waals surface area contributed by atoms with E-state index in [1.807, 2.05) is 0 Å². The van der Waals surface area contributed by atoms with Gasteiger partial charge >= 0.3 is 0 Å². The largest absolute Gasteiger partial charge is 0.338 e. The minimum absolute atomic E-state index is 0.139. The third kappa shape index (κ3) is 2.61. The molecule has 0 unspecified atom stereocenters. The monoisotopic (exact) mass is 320 g/mol. The molecule has 2 rings (SSSR count). The van der Waals surface area contributed by atoms with Gasteiger partial charge in [-0.1, -0.05) is 0 Å². The second kappa shape index (κ2) is 4.93. The van der Waals surface area contributed by atoms with Crippen LogP contribution < -0.4 is 5.32 Å². The van der Waals surface area contributed by atoms with Crippen LogP contribution in [0.2, 0.25) is 0 Å². The molecule has 1 aromatic heterocycles. The molecule has 0 atom stereocenters. The maximum atomic E-state index is 13.4. The van der Waals surface area contributed by atoms with Crippen molar-refractivity contribution in [3.63, 3.8) is 0 Å². The summed E-state index contributed by atoms with van der Waals surface area (Å²) in [5.74, 6) is -5.24. The summed E-state index contributed by atoms with van der Waals surface area (Å²) in [7, 11) is 0. The molecule has 0 aliphatic carbocycles. The fourth-order valence-corrected chi connectivity index (χ4v) is 1.57. The first-order chi connectivity index (χ1) is 8.47.